The van der Waals surface area contributed by atoms with E-state index in [0.29, 0.717) is 28.7 Å². The summed E-state index contributed by atoms with van der Waals surface area (Å²) in [6, 6.07) is 5.85. The van der Waals surface area contributed by atoms with Gasteiger partial charge in [0.05, 0.1) is 18.0 Å². The van der Waals surface area contributed by atoms with E-state index < -0.39 is 11.8 Å². The Hall–Kier alpha value is -2.15. The van der Waals surface area contributed by atoms with Crippen molar-refractivity contribution in [1.29, 1.82) is 0 Å². The fourth-order valence-corrected chi connectivity index (χ4v) is 3.21. The maximum Gasteiger partial charge on any atom is 0.342 e. The third kappa shape index (κ3) is 3.08. The Kier molecular flexibility index (Phi) is 4.71. The number of nitrogens with zero attached hydrogens (tertiary/aromatic N) is 1. The molecular weight excluding hydrogens is 379 g/mol. The second-order valence-electron chi connectivity index (χ2n) is 5.44. The monoisotopic (exact) mass is 394 g/mol. The molecule has 0 saturated heterocycles. The zero-order valence-electron chi connectivity index (χ0n) is 13.1. The van der Waals surface area contributed by atoms with E-state index >= 15 is 0 Å². The molecule has 1 aliphatic heterocycles. The number of fused-ring (bicyclic) bond motifs is 1. The minimum atomic E-state index is -0.511. The summed E-state index contributed by atoms with van der Waals surface area (Å²) in [5, 5.41) is 2.87. The molecule has 24 heavy (non-hydrogen) atoms. The molecule has 126 valence electrons. The number of ether oxygens (including phenoxy) is 1. The molecule has 0 spiro atoms. The van der Waals surface area contributed by atoms with E-state index in [1.807, 2.05) is 0 Å². The van der Waals surface area contributed by atoms with Crippen molar-refractivity contribution < 1.29 is 13.9 Å². The summed E-state index contributed by atoms with van der Waals surface area (Å²) in [7, 11) is 0. The van der Waals surface area contributed by atoms with Gasteiger partial charge in [0, 0.05) is 22.8 Å². The summed E-state index contributed by atoms with van der Waals surface area (Å²) in [5.41, 5.74) is 1.19. The SMILES string of the molecule is CCOC(=O)c1c(Nc2ccc(Br)cc2F)cc(=O)n2c1CCC2. The predicted molar refractivity (Wildman–Crippen MR) is 92.4 cm³/mol. The van der Waals surface area contributed by atoms with Crippen LogP contribution in [0.4, 0.5) is 15.8 Å². The number of carbonyl (C=O) groups excluding carboxylic acids is 1. The standard InChI is InChI=1S/C17H16BrFN2O3/c1-2-24-17(23)16-13(9-15(22)21-7-3-4-14(16)21)20-12-6-5-10(18)8-11(12)19/h5-6,8-9,20H,2-4,7H2,1H3. The number of carbonyl (C=O) groups is 1. The van der Waals surface area contributed by atoms with E-state index in [-0.39, 0.29) is 23.5 Å². The first-order valence-electron chi connectivity index (χ1n) is 7.67. The van der Waals surface area contributed by atoms with Gasteiger partial charge in [-0.05, 0) is 38.0 Å². The molecule has 1 aliphatic rings. The van der Waals surface area contributed by atoms with Gasteiger partial charge in [-0.1, -0.05) is 15.9 Å². The van der Waals surface area contributed by atoms with Crippen molar-refractivity contribution in [3.63, 3.8) is 0 Å². The van der Waals surface area contributed by atoms with Crippen molar-refractivity contribution in [3.05, 3.63) is 56.2 Å². The molecular formula is C17H16BrFN2O3. The molecule has 0 atom stereocenters. The first-order chi connectivity index (χ1) is 11.5. The number of halogens is 2. The average Bonchev–Trinajstić information content (AvgIpc) is 3.00. The highest BCUT2D eigenvalue weighted by molar-refractivity contribution is 9.10. The van der Waals surface area contributed by atoms with Crippen LogP contribution < -0.4 is 10.9 Å². The average molecular weight is 395 g/mol. The number of nitrogens with one attached hydrogen (secondary N) is 1. The first-order valence-corrected chi connectivity index (χ1v) is 8.46. The summed E-state index contributed by atoms with van der Waals surface area (Å²) in [6.07, 6.45) is 1.40. The van der Waals surface area contributed by atoms with Crippen molar-refractivity contribution in [2.75, 3.05) is 11.9 Å². The largest absolute Gasteiger partial charge is 0.462 e. The molecule has 1 N–H and O–H groups in total. The van der Waals surface area contributed by atoms with E-state index in [1.165, 1.54) is 12.1 Å². The highest BCUT2D eigenvalue weighted by atomic mass is 79.9. The van der Waals surface area contributed by atoms with Gasteiger partial charge in [0.1, 0.15) is 11.4 Å². The van der Waals surface area contributed by atoms with Gasteiger partial charge in [-0.3, -0.25) is 4.79 Å². The van der Waals surface area contributed by atoms with Gasteiger partial charge < -0.3 is 14.6 Å². The van der Waals surface area contributed by atoms with E-state index in [9.17, 15) is 14.0 Å². The molecule has 0 saturated carbocycles. The lowest BCUT2D eigenvalue weighted by Crippen LogP contribution is -2.24. The molecule has 0 bridgehead atoms. The van der Waals surface area contributed by atoms with Crippen molar-refractivity contribution in [2.24, 2.45) is 0 Å². The van der Waals surface area contributed by atoms with Crippen molar-refractivity contribution >= 4 is 33.3 Å². The fraction of sp³-hybridized carbons (Fsp3) is 0.294. The third-order valence-electron chi connectivity index (χ3n) is 3.89. The Labute approximate surface area is 146 Å². The zero-order valence-corrected chi connectivity index (χ0v) is 14.7. The molecule has 1 aromatic carbocycles. The first kappa shape index (κ1) is 16.7. The summed E-state index contributed by atoms with van der Waals surface area (Å²) in [6.45, 7) is 2.52. The smallest absolute Gasteiger partial charge is 0.342 e. The summed E-state index contributed by atoms with van der Waals surface area (Å²) >= 11 is 3.20. The van der Waals surface area contributed by atoms with Crippen LogP contribution in [0.3, 0.4) is 0 Å². The van der Waals surface area contributed by atoms with E-state index in [4.69, 9.17) is 4.74 Å². The number of anilines is 2. The summed E-state index contributed by atoms with van der Waals surface area (Å²) < 4.78 is 21.4. The van der Waals surface area contributed by atoms with Gasteiger partial charge in [-0.2, -0.15) is 0 Å². The van der Waals surface area contributed by atoms with E-state index in [2.05, 4.69) is 21.2 Å². The Morgan fingerprint density at radius 3 is 2.88 bits per heavy atom. The summed E-state index contributed by atoms with van der Waals surface area (Å²) in [5.74, 6) is -0.997. The van der Waals surface area contributed by atoms with Crippen molar-refractivity contribution in [1.82, 2.24) is 4.57 Å². The molecule has 1 aromatic heterocycles. The number of rotatable bonds is 4. The Bertz CT molecular complexity index is 864. The lowest BCUT2D eigenvalue weighted by Gasteiger charge is -2.16. The van der Waals surface area contributed by atoms with Crippen LogP contribution in [0.15, 0.2) is 33.5 Å². The maximum atomic E-state index is 14.1. The Morgan fingerprint density at radius 2 is 2.17 bits per heavy atom. The molecule has 3 rings (SSSR count). The second kappa shape index (κ2) is 6.76. The summed E-state index contributed by atoms with van der Waals surface area (Å²) in [4.78, 5) is 24.7. The molecule has 0 fully saturated rings. The van der Waals surface area contributed by atoms with E-state index in [0.717, 1.165) is 6.42 Å². The quantitative estimate of drug-likeness (QED) is 0.804. The minimum absolute atomic E-state index is 0.186. The van der Waals surface area contributed by atoms with Crippen LogP contribution in [0.1, 0.15) is 29.4 Å². The van der Waals surface area contributed by atoms with Gasteiger partial charge in [0.2, 0.25) is 0 Å². The minimum Gasteiger partial charge on any atom is -0.462 e. The molecule has 7 heteroatoms. The fourth-order valence-electron chi connectivity index (χ4n) is 2.87. The van der Waals surface area contributed by atoms with Crippen LogP contribution in [0, 0.1) is 5.82 Å². The highest BCUT2D eigenvalue weighted by Gasteiger charge is 2.25. The van der Waals surface area contributed by atoms with Crippen LogP contribution in [0.25, 0.3) is 0 Å². The van der Waals surface area contributed by atoms with Crippen LogP contribution in [-0.2, 0) is 17.7 Å². The molecule has 5 nitrogen and oxygen atoms in total. The number of esters is 1. The lowest BCUT2D eigenvalue weighted by molar-refractivity contribution is 0.0525. The van der Waals surface area contributed by atoms with E-state index in [1.54, 1.807) is 23.6 Å². The number of aromatic nitrogens is 1. The molecule has 2 heterocycles. The van der Waals surface area contributed by atoms with Gasteiger partial charge in [0.15, 0.2) is 0 Å². The van der Waals surface area contributed by atoms with Crippen LogP contribution in [0.5, 0.6) is 0 Å². The molecule has 0 aliphatic carbocycles. The van der Waals surface area contributed by atoms with Gasteiger partial charge >= 0.3 is 5.97 Å². The second-order valence-corrected chi connectivity index (χ2v) is 6.36. The lowest BCUT2D eigenvalue weighted by atomic mass is 10.1. The van der Waals surface area contributed by atoms with Gasteiger partial charge in [0.25, 0.3) is 5.56 Å². The van der Waals surface area contributed by atoms with Crippen LogP contribution in [0.2, 0.25) is 0 Å². The molecule has 0 unspecified atom stereocenters. The van der Waals surface area contributed by atoms with Crippen molar-refractivity contribution in [2.45, 2.75) is 26.3 Å². The van der Waals surface area contributed by atoms with Crippen LogP contribution >= 0.6 is 15.9 Å². The number of hydrogen-bond donors (Lipinski definition) is 1. The topological polar surface area (TPSA) is 60.3 Å². The van der Waals surface area contributed by atoms with Gasteiger partial charge in [-0.25, -0.2) is 9.18 Å². The Balaban J connectivity index is 2.11. The zero-order chi connectivity index (χ0) is 17.3. The molecule has 0 radical (unpaired) electrons. The maximum absolute atomic E-state index is 14.1. The number of hydrogen-bond acceptors (Lipinski definition) is 4. The van der Waals surface area contributed by atoms with Crippen LogP contribution in [-0.4, -0.2) is 17.1 Å². The highest BCUT2D eigenvalue weighted by Crippen LogP contribution is 2.29. The molecule has 2 aromatic rings. The molecule has 0 amide bonds. The normalized spacial score (nSPS) is 12.8. The van der Waals surface area contributed by atoms with Gasteiger partial charge in [-0.15, -0.1) is 0 Å². The van der Waals surface area contributed by atoms with Crippen molar-refractivity contribution in [3.8, 4) is 0 Å². The number of pyridine rings is 1. The predicted octanol–water partition coefficient (Wildman–Crippen LogP) is 3.62. The third-order valence-corrected chi connectivity index (χ3v) is 4.39. The number of benzene rings is 1. The Morgan fingerprint density at radius 1 is 1.38 bits per heavy atom.